The quantitative estimate of drug-likeness (QED) is 0.722. The summed E-state index contributed by atoms with van der Waals surface area (Å²) < 4.78 is 0. The predicted octanol–water partition coefficient (Wildman–Crippen LogP) is 3.49. The first kappa shape index (κ1) is 18.9. The molecule has 6 heteroatoms. The number of hydrogen-bond acceptors (Lipinski definition) is 3. The molecule has 2 aromatic rings. The van der Waals surface area contributed by atoms with E-state index in [1.165, 1.54) is 10.5 Å². The van der Waals surface area contributed by atoms with E-state index in [1.807, 2.05) is 28.0 Å². The number of carbonyl (C=O) groups excluding carboxylic acids is 3. The molecule has 30 heavy (non-hydrogen) atoms. The lowest BCUT2D eigenvalue weighted by Crippen LogP contribution is -2.51. The number of carbonyl (C=O) groups is 3. The van der Waals surface area contributed by atoms with Gasteiger partial charge in [0.15, 0.2) is 0 Å². The first-order chi connectivity index (χ1) is 14.6. The summed E-state index contributed by atoms with van der Waals surface area (Å²) in [4.78, 5) is 44.5. The number of imide groups is 1. The van der Waals surface area contributed by atoms with Crippen molar-refractivity contribution in [3.63, 3.8) is 0 Å². The maximum Gasteiger partial charge on any atom is 0.320 e. The summed E-state index contributed by atoms with van der Waals surface area (Å²) in [5.41, 5.74) is 3.09. The van der Waals surface area contributed by atoms with E-state index in [0.29, 0.717) is 17.7 Å². The smallest absolute Gasteiger partial charge is 0.320 e. The minimum absolute atomic E-state index is 0.0103. The average molecular weight is 403 g/mol. The van der Waals surface area contributed by atoms with Crippen molar-refractivity contribution in [3.05, 3.63) is 70.8 Å². The van der Waals surface area contributed by atoms with Gasteiger partial charge >= 0.3 is 6.03 Å². The van der Waals surface area contributed by atoms with Crippen molar-refractivity contribution in [2.75, 3.05) is 19.6 Å². The maximum atomic E-state index is 13.4. The van der Waals surface area contributed by atoms with Gasteiger partial charge in [-0.05, 0) is 49.4 Å². The van der Waals surface area contributed by atoms with Gasteiger partial charge in [0.1, 0.15) is 0 Å². The highest BCUT2D eigenvalue weighted by Crippen LogP contribution is 2.34. The van der Waals surface area contributed by atoms with E-state index in [1.54, 1.807) is 24.3 Å². The Balaban J connectivity index is 1.49. The Kier molecular flexibility index (Phi) is 4.57. The van der Waals surface area contributed by atoms with Gasteiger partial charge < -0.3 is 9.80 Å². The molecular formula is C24H25N3O3. The lowest BCUT2D eigenvalue weighted by Gasteiger charge is -2.41. The van der Waals surface area contributed by atoms with Crippen molar-refractivity contribution >= 4 is 17.8 Å². The van der Waals surface area contributed by atoms with Crippen LogP contribution in [0.2, 0.25) is 0 Å². The fourth-order valence-corrected chi connectivity index (χ4v) is 5.04. The van der Waals surface area contributed by atoms with Crippen LogP contribution in [0.25, 0.3) is 0 Å². The molecule has 0 bridgehead atoms. The monoisotopic (exact) mass is 403 g/mol. The Morgan fingerprint density at radius 3 is 2.27 bits per heavy atom. The number of fused-ring (bicyclic) bond motifs is 2. The number of benzene rings is 2. The zero-order chi connectivity index (χ0) is 20.8. The zero-order valence-corrected chi connectivity index (χ0v) is 17.1. The lowest BCUT2D eigenvalue weighted by atomic mass is 9.92. The Morgan fingerprint density at radius 2 is 1.60 bits per heavy atom. The maximum absolute atomic E-state index is 13.4. The highest BCUT2D eigenvalue weighted by atomic mass is 16.2. The molecule has 154 valence electrons. The summed E-state index contributed by atoms with van der Waals surface area (Å²) in [5, 5.41) is 0. The first-order valence-corrected chi connectivity index (χ1v) is 10.7. The topological polar surface area (TPSA) is 60.9 Å². The molecular weight excluding hydrogens is 378 g/mol. The molecule has 5 rings (SSSR count). The minimum Gasteiger partial charge on any atom is -0.322 e. The number of nitrogens with zero attached hydrogens (tertiary/aromatic N) is 3. The van der Waals surface area contributed by atoms with Gasteiger partial charge in [-0.3, -0.25) is 14.5 Å². The minimum atomic E-state index is -0.336. The van der Waals surface area contributed by atoms with Crippen LogP contribution < -0.4 is 0 Å². The molecule has 0 N–H and O–H groups in total. The predicted molar refractivity (Wildman–Crippen MR) is 112 cm³/mol. The summed E-state index contributed by atoms with van der Waals surface area (Å²) in [7, 11) is 0. The number of rotatable bonds is 2. The van der Waals surface area contributed by atoms with Gasteiger partial charge in [0.2, 0.25) is 0 Å². The van der Waals surface area contributed by atoms with E-state index in [2.05, 4.69) is 13.0 Å². The molecule has 2 aromatic carbocycles. The third-order valence-electron chi connectivity index (χ3n) is 6.69. The van der Waals surface area contributed by atoms with E-state index in [4.69, 9.17) is 0 Å². The molecule has 1 saturated heterocycles. The Labute approximate surface area is 176 Å². The normalized spacial score (nSPS) is 23.0. The SMILES string of the molecule is CC1CCCN1C(=O)N1CCc2ccccc2C1CN1C(=O)c2ccccc2C1=O. The van der Waals surface area contributed by atoms with Gasteiger partial charge in [-0.1, -0.05) is 36.4 Å². The molecule has 0 aliphatic carbocycles. The van der Waals surface area contributed by atoms with Crippen LogP contribution in [0.5, 0.6) is 0 Å². The van der Waals surface area contributed by atoms with Crippen molar-refractivity contribution < 1.29 is 14.4 Å². The highest BCUT2D eigenvalue weighted by molar-refractivity contribution is 6.21. The van der Waals surface area contributed by atoms with Crippen LogP contribution in [-0.4, -0.2) is 58.2 Å². The first-order valence-electron chi connectivity index (χ1n) is 10.7. The average Bonchev–Trinajstić information content (AvgIpc) is 3.30. The van der Waals surface area contributed by atoms with Crippen molar-refractivity contribution in [3.8, 4) is 0 Å². The van der Waals surface area contributed by atoms with Crippen LogP contribution in [0.4, 0.5) is 4.79 Å². The van der Waals surface area contributed by atoms with Gasteiger partial charge in [-0.15, -0.1) is 0 Å². The fourth-order valence-electron chi connectivity index (χ4n) is 5.04. The van der Waals surface area contributed by atoms with E-state index >= 15 is 0 Å². The Bertz CT molecular complexity index is 999. The van der Waals surface area contributed by atoms with Crippen molar-refractivity contribution in [1.82, 2.24) is 14.7 Å². The van der Waals surface area contributed by atoms with Crippen LogP contribution in [0.3, 0.4) is 0 Å². The highest BCUT2D eigenvalue weighted by Gasteiger charge is 2.41. The fraction of sp³-hybridized carbons (Fsp3) is 0.375. The molecule has 4 amide bonds. The van der Waals surface area contributed by atoms with Crippen molar-refractivity contribution in [1.29, 1.82) is 0 Å². The third kappa shape index (κ3) is 2.90. The second-order valence-electron chi connectivity index (χ2n) is 8.39. The van der Waals surface area contributed by atoms with Crippen molar-refractivity contribution in [2.24, 2.45) is 0 Å². The second-order valence-corrected chi connectivity index (χ2v) is 8.39. The lowest BCUT2D eigenvalue weighted by molar-refractivity contribution is 0.0578. The Hall–Kier alpha value is -3.15. The van der Waals surface area contributed by atoms with Crippen LogP contribution >= 0.6 is 0 Å². The molecule has 2 atom stereocenters. The molecule has 0 saturated carbocycles. The van der Waals surface area contributed by atoms with Crippen LogP contribution in [-0.2, 0) is 6.42 Å². The zero-order valence-electron chi connectivity index (χ0n) is 17.1. The van der Waals surface area contributed by atoms with Crippen LogP contribution in [0.15, 0.2) is 48.5 Å². The van der Waals surface area contributed by atoms with Gasteiger partial charge in [0.05, 0.1) is 23.7 Å². The molecule has 6 nitrogen and oxygen atoms in total. The molecule has 3 aliphatic heterocycles. The molecule has 2 unspecified atom stereocenters. The summed E-state index contributed by atoms with van der Waals surface area (Å²) >= 11 is 0. The molecule has 3 aliphatic rings. The summed E-state index contributed by atoms with van der Waals surface area (Å²) in [6.07, 6.45) is 2.81. The second kappa shape index (κ2) is 7.27. The number of likely N-dealkylation sites (tertiary alicyclic amines) is 1. The van der Waals surface area contributed by atoms with Crippen molar-refractivity contribution in [2.45, 2.75) is 38.3 Å². The molecule has 0 spiro atoms. The van der Waals surface area contributed by atoms with E-state index in [-0.39, 0.29) is 36.5 Å². The molecule has 0 radical (unpaired) electrons. The molecule has 0 aromatic heterocycles. The molecule has 3 heterocycles. The molecule has 1 fully saturated rings. The van der Waals surface area contributed by atoms with Gasteiger partial charge in [0, 0.05) is 19.1 Å². The van der Waals surface area contributed by atoms with E-state index in [0.717, 1.165) is 31.4 Å². The number of hydrogen-bond donors (Lipinski definition) is 0. The van der Waals surface area contributed by atoms with Gasteiger partial charge in [0.25, 0.3) is 11.8 Å². The summed E-state index contributed by atoms with van der Waals surface area (Å²) in [5.74, 6) is -0.554. The summed E-state index contributed by atoms with van der Waals surface area (Å²) in [6.45, 7) is 3.62. The van der Waals surface area contributed by atoms with E-state index < -0.39 is 0 Å². The van der Waals surface area contributed by atoms with Crippen LogP contribution in [0.1, 0.15) is 57.7 Å². The number of urea groups is 1. The standard InChI is InChI=1S/C24H25N3O3/c1-16-7-6-13-25(16)24(30)26-14-12-17-8-2-3-9-18(17)21(26)15-27-22(28)19-10-4-5-11-20(19)23(27)29/h2-5,8-11,16,21H,6-7,12-15H2,1H3. The summed E-state index contributed by atoms with van der Waals surface area (Å²) in [6, 6.07) is 14.9. The largest absolute Gasteiger partial charge is 0.322 e. The third-order valence-corrected chi connectivity index (χ3v) is 6.69. The Morgan fingerprint density at radius 1 is 0.933 bits per heavy atom. The number of amides is 4. The van der Waals surface area contributed by atoms with Crippen LogP contribution in [0, 0.1) is 0 Å². The van der Waals surface area contributed by atoms with E-state index in [9.17, 15) is 14.4 Å². The van der Waals surface area contributed by atoms with Gasteiger partial charge in [-0.2, -0.15) is 0 Å². The van der Waals surface area contributed by atoms with Gasteiger partial charge in [-0.25, -0.2) is 4.79 Å².